The maximum absolute atomic E-state index is 13.7. The fourth-order valence-corrected chi connectivity index (χ4v) is 5.23. The zero-order valence-corrected chi connectivity index (χ0v) is 23.0. The van der Waals surface area contributed by atoms with Gasteiger partial charge in [0.25, 0.3) is 10.0 Å². The monoisotopic (exact) mass is 544 g/mol. The molecule has 3 rings (SSSR count). The molecule has 3 aromatic carbocycles. The lowest BCUT2D eigenvalue weighted by Crippen LogP contribution is -2.40. The van der Waals surface area contributed by atoms with Crippen molar-refractivity contribution in [3.63, 3.8) is 0 Å². The van der Waals surface area contributed by atoms with Gasteiger partial charge in [-0.25, -0.2) is 8.42 Å². The van der Waals surface area contributed by atoms with Crippen LogP contribution in [0.15, 0.2) is 59.5 Å². The summed E-state index contributed by atoms with van der Waals surface area (Å²) >= 11 is 0. The summed E-state index contributed by atoms with van der Waals surface area (Å²) < 4.78 is 55.2. The number of aryl methyl sites for hydroxylation is 1. The number of nitrogens with one attached hydrogen (secondary N) is 1. The van der Waals surface area contributed by atoms with Crippen molar-refractivity contribution in [2.45, 2.75) is 18.4 Å². The Morgan fingerprint density at radius 3 is 1.95 bits per heavy atom. The van der Waals surface area contributed by atoms with Gasteiger partial charge in [-0.2, -0.15) is 0 Å². The average Bonchev–Trinajstić information content (AvgIpc) is 2.93. The molecule has 3 aromatic rings. The van der Waals surface area contributed by atoms with Gasteiger partial charge in [-0.15, -0.1) is 0 Å². The van der Waals surface area contributed by atoms with E-state index < -0.39 is 22.5 Å². The Hall–Kier alpha value is -4.12. The number of methoxy groups -OCH3 is 5. The van der Waals surface area contributed by atoms with E-state index in [1.54, 1.807) is 36.4 Å². The lowest BCUT2D eigenvalue weighted by atomic mass is 10.1. The van der Waals surface area contributed by atoms with Crippen LogP contribution in [-0.4, -0.2) is 56.4 Å². The van der Waals surface area contributed by atoms with E-state index in [1.165, 1.54) is 53.7 Å². The van der Waals surface area contributed by atoms with Crippen molar-refractivity contribution in [3.05, 3.63) is 65.7 Å². The summed E-state index contributed by atoms with van der Waals surface area (Å²) in [4.78, 5) is 13.2. The zero-order chi connectivity index (χ0) is 27.9. The number of anilines is 1. The Kier molecular flexibility index (Phi) is 9.30. The normalized spacial score (nSPS) is 10.9. The molecule has 0 spiro atoms. The topological polar surface area (TPSA) is 113 Å². The number of nitrogens with zero attached hydrogens (tertiary/aromatic N) is 1. The summed E-state index contributed by atoms with van der Waals surface area (Å²) in [5.74, 6) is 1.47. The van der Waals surface area contributed by atoms with E-state index in [0.29, 0.717) is 34.3 Å². The third-order valence-electron chi connectivity index (χ3n) is 5.81. The Morgan fingerprint density at radius 2 is 1.37 bits per heavy atom. The van der Waals surface area contributed by atoms with E-state index in [0.717, 1.165) is 9.87 Å². The van der Waals surface area contributed by atoms with E-state index in [9.17, 15) is 13.2 Å². The molecule has 11 heteroatoms. The molecule has 1 amide bonds. The smallest absolute Gasteiger partial charge is 0.264 e. The van der Waals surface area contributed by atoms with Gasteiger partial charge in [0.2, 0.25) is 11.7 Å². The Balaban J connectivity index is 1.94. The first-order chi connectivity index (χ1) is 18.2. The van der Waals surface area contributed by atoms with E-state index >= 15 is 0 Å². The average molecular weight is 545 g/mol. The number of hydrogen-bond donors (Lipinski definition) is 1. The first-order valence-corrected chi connectivity index (χ1v) is 13.0. The summed E-state index contributed by atoms with van der Waals surface area (Å²) in [5.41, 5.74) is 1.77. The molecule has 0 aliphatic rings. The lowest BCUT2D eigenvalue weighted by Gasteiger charge is -2.25. The van der Waals surface area contributed by atoms with Gasteiger partial charge in [0.05, 0.1) is 46.1 Å². The molecule has 0 bridgehead atoms. The standard InChI is InChI=1S/C27H32N2O8S/c1-18-7-11-21(12-8-18)38(31,32)29(20-10-14-22(33-2)24(15-20)35-4)17-25(30)28-16-19-9-13-23(34-3)27(37-6)26(19)36-5/h7-15H,16-17H2,1-6H3,(H,28,30). The van der Waals surface area contributed by atoms with Crippen molar-refractivity contribution >= 4 is 21.6 Å². The highest BCUT2D eigenvalue weighted by Gasteiger charge is 2.28. The molecule has 0 saturated heterocycles. The van der Waals surface area contributed by atoms with Crippen LogP contribution in [0.1, 0.15) is 11.1 Å². The molecular weight excluding hydrogens is 512 g/mol. The van der Waals surface area contributed by atoms with Crippen LogP contribution in [0.25, 0.3) is 0 Å². The number of amides is 1. The maximum atomic E-state index is 13.7. The van der Waals surface area contributed by atoms with Crippen LogP contribution in [0.4, 0.5) is 5.69 Å². The molecule has 0 atom stereocenters. The van der Waals surface area contributed by atoms with Crippen LogP contribution in [0.5, 0.6) is 28.7 Å². The van der Waals surface area contributed by atoms with Gasteiger partial charge in [0, 0.05) is 18.2 Å². The predicted octanol–water partition coefficient (Wildman–Crippen LogP) is 3.55. The molecule has 0 fully saturated rings. The van der Waals surface area contributed by atoms with Gasteiger partial charge >= 0.3 is 0 Å². The second kappa shape index (κ2) is 12.4. The largest absolute Gasteiger partial charge is 0.493 e. The first kappa shape index (κ1) is 28.5. The third kappa shape index (κ3) is 6.05. The van der Waals surface area contributed by atoms with Crippen molar-refractivity contribution in [2.24, 2.45) is 0 Å². The molecule has 0 aliphatic carbocycles. The molecule has 38 heavy (non-hydrogen) atoms. The second-order valence-corrected chi connectivity index (χ2v) is 10.00. The summed E-state index contributed by atoms with van der Waals surface area (Å²) in [6.07, 6.45) is 0. The molecule has 0 unspecified atom stereocenters. The first-order valence-electron chi connectivity index (χ1n) is 11.6. The molecule has 1 N–H and O–H groups in total. The highest BCUT2D eigenvalue weighted by Crippen LogP contribution is 2.39. The van der Waals surface area contributed by atoms with E-state index in [4.69, 9.17) is 23.7 Å². The summed E-state index contributed by atoms with van der Waals surface area (Å²) in [5, 5.41) is 2.77. The van der Waals surface area contributed by atoms with E-state index in [1.807, 2.05) is 6.92 Å². The van der Waals surface area contributed by atoms with Crippen LogP contribution in [0.2, 0.25) is 0 Å². The molecule has 0 heterocycles. The molecule has 0 aromatic heterocycles. The fourth-order valence-electron chi connectivity index (χ4n) is 3.82. The fraction of sp³-hybridized carbons (Fsp3) is 0.296. The predicted molar refractivity (Wildman–Crippen MR) is 143 cm³/mol. The minimum Gasteiger partial charge on any atom is -0.493 e. The Bertz CT molecular complexity index is 1370. The van der Waals surface area contributed by atoms with Crippen molar-refractivity contribution in [2.75, 3.05) is 46.4 Å². The highest BCUT2D eigenvalue weighted by molar-refractivity contribution is 7.92. The van der Waals surface area contributed by atoms with Crippen LogP contribution in [0.3, 0.4) is 0 Å². The highest BCUT2D eigenvalue weighted by atomic mass is 32.2. The van der Waals surface area contributed by atoms with Crippen LogP contribution in [-0.2, 0) is 21.4 Å². The van der Waals surface area contributed by atoms with Crippen molar-refractivity contribution in [1.82, 2.24) is 5.32 Å². The molecular formula is C27H32N2O8S. The second-order valence-electron chi connectivity index (χ2n) is 8.13. The molecule has 0 radical (unpaired) electrons. The Morgan fingerprint density at radius 1 is 0.763 bits per heavy atom. The van der Waals surface area contributed by atoms with Gasteiger partial charge in [-0.05, 0) is 43.3 Å². The molecule has 0 saturated carbocycles. The van der Waals surface area contributed by atoms with Crippen molar-refractivity contribution in [3.8, 4) is 28.7 Å². The summed E-state index contributed by atoms with van der Waals surface area (Å²) in [6.45, 7) is 1.44. The minimum atomic E-state index is -4.11. The van der Waals surface area contributed by atoms with Gasteiger partial charge in [-0.1, -0.05) is 17.7 Å². The van der Waals surface area contributed by atoms with E-state index in [-0.39, 0.29) is 17.1 Å². The van der Waals surface area contributed by atoms with Gasteiger partial charge in [-0.3, -0.25) is 9.10 Å². The molecule has 204 valence electrons. The SMILES string of the molecule is COc1ccc(N(CC(=O)NCc2ccc(OC)c(OC)c2OC)S(=O)(=O)c2ccc(C)cc2)cc1OC. The van der Waals surface area contributed by atoms with Crippen LogP contribution in [0, 0.1) is 6.92 Å². The number of sulfonamides is 1. The van der Waals surface area contributed by atoms with Crippen molar-refractivity contribution in [1.29, 1.82) is 0 Å². The Labute approximate surface area is 223 Å². The van der Waals surface area contributed by atoms with Gasteiger partial charge in [0.15, 0.2) is 23.0 Å². The van der Waals surface area contributed by atoms with E-state index in [2.05, 4.69) is 5.32 Å². The number of hydrogen-bond acceptors (Lipinski definition) is 8. The van der Waals surface area contributed by atoms with Gasteiger partial charge in [0.1, 0.15) is 6.54 Å². The molecule has 10 nitrogen and oxygen atoms in total. The number of carbonyl (C=O) groups excluding carboxylic acids is 1. The summed E-state index contributed by atoms with van der Waals surface area (Å²) in [6, 6.07) is 14.5. The van der Waals surface area contributed by atoms with Crippen LogP contribution < -0.4 is 33.3 Å². The summed E-state index contributed by atoms with van der Waals surface area (Å²) in [7, 11) is 3.29. The zero-order valence-electron chi connectivity index (χ0n) is 22.2. The van der Waals surface area contributed by atoms with Crippen LogP contribution >= 0.6 is 0 Å². The number of carbonyl (C=O) groups is 1. The molecule has 0 aliphatic heterocycles. The number of rotatable bonds is 12. The van der Waals surface area contributed by atoms with Crippen molar-refractivity contribution < 1.29 is 36.9 Å². The minimum absolute atomic E-state index is 0.0484. The van der Waals surface area contributed by atoms with Gasteiger partial charge < -0.3 is 29.0 Å². The third-order valence-corrected chi connectivity index (χ3v) is 7.60. The quantitative estimate of drug-likeness (QED) is 0.368. The lowest BCUT2D eigenvalue weighted by molar-refractivity contribution is -0.119. The maximum Gasteiger partial charge on any atom is 0.264 e. The number of benzene rings is 3. The number of ether oxygens (including phenoxy) is 5.